The van der Waals surface area contributed by atoms with E-state index in [9.17, 15) is 0 Å². The molecule has 0 saturated carbocycles. The zero-order valence-electron chi connectivity index (χ0n) is 9.32. The highest BCUT2D eigenvalue weighted by atomic mass is 16.5. The molecule has 0 saturated heterocycles. The smallest absolute Gasteiger partial charge is 0.145 e. The number of pyridine rings is 1. The van der Waals surface area contributed by atoms with Crippen molar-refractivity contribution in [3.8, 4) is 11.5 Å². The molecule has 0 aliphatic rings. The second kappa shape index (κ2) is 4.23. The van der Waals surface area contributed by atoms with Gasteiger partial charge in [-0.25, -0.2) is 0 Å². The van der Waals surface area contributed by atoms with Crippen LogP contribution in [0, 0.1) is 13.8 Å². The highest BCUT2D eigenvalue weighted by Gasteiger charge is 2.02. The summed E-state index contributed by atoms with van der Waals surface area (Å²) in [5, 5.41) is 0. The molecule has 0 fully saturated rings. The van der Waals surface area contributed by atoms with Crippen molar-refractivity contribution in [1.82, 2.24) is 10.7 Å². The molecule has 3 nitrogen and oxygen atoms in total. The fourth-order valence-corrected chi connectivity index (χ4v) is 1.41. The number of rotatable bonds is 2. The van der Waals surface area contributed by atoms with Crippen LogP contribution in [0.4, 0.5) is 5.69 Å². The minimum absolute atomic E-state index is 0.492. The van der Waals surface area contributed by atoms with Crippen molar-refractivity contribution >= 4 is 5.69 Å². The molecule has 0 atom stereocenters. The molecule has 1 N–H and O–H groups in total. The van der Waals surface area contributed by atoms with Crippen molar-refractivity contribution in [2.45, 2.75) is 13.8 Å². The van der Waals surface area contributed by atoms with Gasteiger partial charge in [-0.15, -0.1) is 0 Å². The first-order chi connectivity index (χ1) is 7.65. The minimum Gasteiger partial charge on any atom is -0.455 e. The summed E-state index contributed by atoms with van der Waals surface area (Å²) < 4.78 is 5.67. The van der Waals surface area contributed by atoms with Crippen molar-refractivity contribution < 1.29 is 4.74 Å². The van der Waals surface area contributed by atoms with Gasteiger partial charge in [-0.1, -0.05) is 0 Å². The Morgan fingerprint density at radius 2 is 1.94 bits per heavy atom. The minimum atomic E-state index is 0.492. The van der Waals surface area contributed by atoms with Crippen LogP contribution < -0.4 is 10.5 Å². The third kappa shape index (κ3) is 2.31. The van der Waals surface area contributed by atoms with Gasteiger partial charge in [0, 0.05) is 5.69 Å². The molecular formula is C13H13N2O. The summed E-state index contributed by atoms with van der Waals surface area (Å²) in [5.41, 5.74) is 9.88. The molecule has 0 amide bonds. The number of aryl methyl sites for hydroxylation is 2. The van der Waals surface area contributed by atoms with E-state index in [-0.39, 0.29) is 0 Å². The maximum Gasteiger partial charge on any atom is 0.145 e. The predicted octanol–water partition coefficient (Wildman–Crippen LogP) is 3.41. The fourth-order valence-electron chi connectivity index (χ4n) is 1.41. The fraction of sp³-hybridized carbons (Fsp3) is 0.154. The van der Waals surface area contributed by atoms with Gasteiger partial charge in [0.05, 0.1) is 11.9 Å². The Hall–Kier alpha value is -2.03. The Balaban J connectivity index is 2.23. The molecule has 0 aliphatic heterocycles. The van der Waals surface area contributed by atoms with E-state index in [1.165, 1.54) is 0 Å². The summed E-state index contributed by atoms with van der Waals surface area (Å²) in [4.78, 5) is 4.16. The van der Waals surface area contributed by atoms with E-state index in [4.69, 9.17) is 10.5 Å². The molecule has 0 spiro atoms. The van der Waals surface area contributed by atoms with Gasteiger partial charge in [0.2, 0.25) is 0 Å². The molecule has 2 aromatic rings. The van der Waals surface area contributed by atoms with Gasteiger partial charge in [0.15, 0.2) is 0 Å². The highest BCUT2D eigenvalue weighted by Crippen LogP contribution is 2.26. The van der Waals surface area contributed by atoms with Crippen molar-refractivity contribution in [2.75, 3.05) is 0 Å². The molecule has 1 heterocycles. The lowest BCUT2D eigenvalue weighted by Gasteiger charge is -2.08. The number of hydrogen-bond acceptors (Lipinski definition) is 2. The standard InChI is InChI=1S/C13H13N2O/c1-9-7-11(14)4-6-13(9)16-12-5-3-10(2)15-8-12/h3-8,14H,1-2H3. The molecule has 0 aliphatic carbocycles. The molecule has 1 radical (unpaired) electrons. The number of ether oxygens (including phenoxy) is 1. The lowest BCUT2D eigenvalue weighted by molar-refractivity contribution is 0.476. The molecule has 1 aromatic carbocycles. The summed E-state index contributed by atoms with van der Waals surface area (Å²) in [5.74, 6) is 1.48. The third-order valence-corrected chi connectivity index (χ3v) is 2.29. The lowest BCUT2D eigenvalue weighted by Crippen LogP contribution is -1.89. The molecular weight excluding hydrogens is 200 g/mol. The monoisotopic (exact) mass is 213 g/mol. The molecule has 16 heavy (non-hydrogen) atoms. The van der Waals surface area contributed by atoms with Crippen LogP contribution in [0.2, 0.25) is 0 Å². The van der Waals surface area contributed by atoms with Crippen molar-refractivity contribution in [3.63, 3.8) is 0 Å². The number of nitrogens with zero attached hydrogens (tertiary/aromatic N) is 1. The summed E-state index contributed by atoms with van der Waals surface area (Å²) >= 11 is 0. The van der Waals surface area contributed by atoms with Gasteiger partial charge < -0.3 is 10.5 Å². The van der Waals surface area contributed by atoms with Crippen molar-refractivity contribution in [2.24, 2.45) is 0 Å². The van der Waals surface area contributed by atoms with Crippen LogP contribution in [0.25, 0.3) is 0 Å². The van der Waals surface area contributed by atoms with E-state index in [0.29, 0.717) is 11.4 Å². The largest absolute Gasteiger partial charge is 0.455 e. The number of nitrogens with one attached hydrogen (secondary N) is 1. The maximum absolute atomic E-state index is 7.47. The van der Waals surface area contributed by atoms with Crippen LogP contribution in [-0.4, -0.2) is 4.98 Å². The average Bonchev–Trinajstić information content (AvgIpc) is 2.25. The van der Waals surface area contributed by atoms with Crippen LogP contribution in [0.3, 0.4) is 0 Å². The summed E-state index contributed by atoms with van der Waals surface area (Å²) in [7, 11) is 0. The Labute approximate surface area is 94.9 Å². The number of aromatic nitrogens is 1. The van der Waals surface area contributed by atoms with E-state index in [1.54, 1.807) is 24.4 Å². The van der Waals surface area contributed by atoms with E-state index in [0.717, 1.165) is 17.0 Å². The molecule has 0 unspecified atom stereocenters. The van der Waals surface area contributed by atoms with Gasteiger partial charge >= 0.3 is 0 Å². The normalized spacial score (nSPS) is 10.1. The summed E-state index contributed by atoms with van der Waals surface area (Å²) in [6, 6.07) is 9.08. The zero-order valence-corrected chi connectivity index (χ0v) is 9.32. The first-order valence-electron chi connectivity index (χ1n) is 5.08. The topological polar surface area (TPSA) is 45.9 Å². The average molecular weight is 213 g/mol. The molecule has 81 valence electrons. The zero-order chi connectivity index (χ0) is 11.5. The van der Waals surface area contributed by atoms with Crippen LogP contribution in [0.15, 0.2) is 36.5 Å². The Kier molecular flexibility index (Phi) is 2.77. The van der Waals surface area contributed by atoms with Gasteiger partial charge in [-0.2, -0.15) is 0 Å². The van der Waals surface area contributed by atoms with E-state index < -0.39 is 0 Å². The second-order valence-corrected chi connectivity index (χ2v) is 3.72. The third-order valence-electron chi connectivity index (χ3n) is 2.29. The highest BCUT2D eigenvalue weighted by molar-refractivity contribution is 5.46. The number of hydrogen-bond donors (Lipinski definition) is 0. The SMILES string of the molecule is Cc1ccc(Oc2ccc([NH])cc2C)cn1. The Morgan fingerprint density at radius 3 is 2.56 bits per heavy atom. The predicted molar refractivity (Wildman–Crippen MR) is 63.0 cm³/mol. The van der Waals surface area contributed by atoms with Crippen LogP contribution in [0.5, 0.6) is 11.5 Å². The Morgan fingerprint density at radius 1 is 1.12 bits per heavy atom. The lowest BCUT2D eigenvalue weighted by atomic mass is 10.2. The quantitative estimate of drug-likeness (QED) is 0.767. The van der Waals surface area contributed by atoms with Crippen LogP contribution in [0.1, 0.15) is 11.3 Å². The van der Waals surface area contributed by atoms with Crippen molar-refractivity contribution in [3.05, 3.63) is 47.8 Å². The molecule has 0 bridgehead atoms. The van der Waals surface area contributed by atoms with Gasteiger partial charge in [-0.05, 0) is 49.7 Å². The van der Waals surface area contributed by atoms with Crippen LogP contribution >= 0.6 is 0 Å². The van der Waals surface area contributed by atoms with Gasteiger partial charge in [0.1, 0.15) is 11.5 Å². The molecule has 2 rings (SSSR count). The molecule has 3 heteroatoms. The molecule has 1 aromatic heterocycles. The number of benzene rings is 1. The van der Waals surface area contributed by atoms with E-state index >= 15 is 0 Å². The maximum atomic E-state index is 7.47. The summed E-state index contributed by atoms with van der Waals surface area (Å²) in [6.45, 7) is 3.86. The second-order valence-electron chi connectivity index (χ2n) is 3.72. The van der Waals surface area contributed by atoms with E-state index in [2.05, 4.69) is 4.98 Å². The first kappa shape index (κ1) is 10.5. The first-order valence-corrected chi connectivity index (χ1v) is 5.08. The van der Waals surface area contributed by atoms with E-state index in [1.807, 2.05) is 26.0 Å². The van der Waals surface area contributed by atoms with Crippen LogP contribution in [-0.2, 0) is 0 Å². The summed E-state index contributed by atoms with van der Waals surface area (Å²) in [6.07, 6.45) is 1.70. The van der Waals surface area contributed by atoms with Crippen molar-refractivity contribution in [1.29, 1.82) is 0 Å². The Bertz CT molecular complexity index is 492. The van der Waals surface area contributed by atoms with Gasteiger partial charge in [-0.3, -0.25) is 4.98 Å². The van der Waals surface area contributed by atoms with Gasteiger partial charge in [0.25, 0.3) is 0 Å².